The SMILES string of the molecule is C/C=C\C(C)(C)[C@@H]1[C@@H](C)[C@H](C)C(C)(C)C[C@@H]1O. The summed E-state index contributed by atoms with van der Waals surface area (Å²) in [4.78, 5) is 0. The Bertz CT molecular complexity index is 288. The third-order valence-corrected chi connectivity index (χ3v) is 5.19. The highest BCUT2D eigenvalue weighted by atomic mass is 16.3. The number of rotatable bonds is 2. The van der Waals surface area contributed by atoms with Gasteiger partial charge in [-0.3, -0.25) is 0 Å². The van der Waals surface area contributed by atoms with Crippen LogP contribution in [-0.4, -0.2) is 11.2 Å². The molecule has 4 atom stereocenters. The molecule has 0 amide bonds. The molecule has 17 heavy (non-hydrogen) atoms. The standard InChI is InChI=1S/C16H30O/c1-8-9-15(4,5)14-11(2)12(3)16(6,7)10-13(14)17/h8-9,11-14,17H,10H2,1-7H3/b9-8-/t11-,12-,13-,14+/m0/s1. The van der Waals surface area contributed by atoms with E-state index < -0.39 is 0 Å². The van der Waals surface area contributed by atoms with Crippen molar-refractivity contribution in [3.63, 3.8) is 0 Å². The highest BCUT2D eigenvalue weighted by Crippen LogP contribution is 2.52. The molecule has 0 bridgehead atoms. The summed E-state index contributed by atoms with van der Waals surface area (Å²) in [5.74, 6) is 1.57. The molecule has 1 heteroatoms. The largest absolute Gasteiger partial charge is 0.393 e. The Balaban J connectivity index is 3.02. The van der Waals surface area contributed by atoms with Crippen LogP contribution in [0.5, 0.6) is 0 Å². The Morgan fingerprint density at radius 2 is 1.76 bits per heavy atom. The van der Waals surface area contributed by atoms with Crippen LogP contribution >= 0.6 is 0 Å². The quantitative estimate of drug-likeness (QED) is 0.712. The van der Waals surface area contributed by atoms with Crippen LogP contribution < -0.4 is 0 Å². The fourth-order valence-electron chi connectivity index (χ4n) is 3.94. The second-order valence-electron chi connectivity index (χ2n) is 7.25. The number of hydrogen-bond donors (Lipinski definition) is 1. The molecule has 0 aromatic rings. The van der Waals surface area contributed by atoms with Gasteiger partial charge in [0.05, 0.1) is 6.10 Å². The third kappa shape index (κ3) is 2.76. The predicted octanol–water partition coefficient (Wildman–Crippen LogP) is 4.27. The molecule has 100 valence electrons. The maximum absolute atomic E-state index is 10.5. The van der Waals surface area contributed by atoms with E-state index >= 15 is 0 Å². The average Bonchev–Trinajstić information content (AvgIpc) is 2.12. The molecule has 1 rings (SSSR count). The fourth-order valence-corrected chi connectivity index (χ4v) is 3.94. The molecule has 1 nitrogen and oxygen atoms in total. The van der Waals surface area contributed by atoms with Crippen molar-refractivity contribution in [3.05, 3.63) is 12.2 Å². The van der Waals surface area contributed by atoms with Gasteiger partial charge < -0.3 is 5.11 Å². The lowest BCUT2D eigenvalue weighted by Gasteiger charge is -2.52. The number of aliphatic hydroxyl groups is 1. The van der Waals surface area contributed by atoms with E-state index in [1.165, 1.54) is 0 Å². The second kappa shape index (κ2) is 4.76. The molecule has 1 aliphatic carbocycles. The minimum atomic E-state index is -0.178. The predicted molar refractivity (Wildman–Crippen MR) is 74.8 cm³/mol. The number of allylic oxidation sites excluding steroid dienone is 2. The Morgan fingerprint density at radius 3 is 2.24 bits per heavy atom. The van der Waals surface area contributed by atoms with Gasteiger partial charge >= 0.3 is 0 Å². The molecular weight excluding hydrogens is 208 g/mol. The van der Waals surface area contributed by atoms with Crippen LogP contribution in [0.25, 0.3) is 0 Å². The molecule has 0 unspecified atom stereocenters. The number of aliphatic hydroxyl groups excluding tert-OH is 1. The first kappa shape index (κ1) is 14.8. The zero-order valence-corrected chi connectivity index (χ0v) is 12.6. The summed E-state index contributed by atoms with van der Waals surface area (Å²) in [6, 6.07) is 0. The molecule has 1 fully saturated rings. The van der Waals surface area contributed by atoms with Crippen LogP contribution in [0.3, 0.4) is 0 Å². The van der Waals surface area contributed by atoms with Gasteiger partial charge in [0.25, 0.3) is 0 Å². The van der Waals surface area contributed by atoms with Crippen molar-refractivity contribution < 1.29 is 5.11 Å². The van der Waals surface area contributed by atoms with Crippen molar-refractivity contribution >= 4 is 0 Å². The monoisotopic (exact) mass is 238 g/mol. The van der Waals surface area contributed by atoms with Crippen LogP contribution in [-0.2, 0) is 0 Å². The number of hydrogen-bond acceptors (Lipinski definition) is 1. The molecule has 1 saturated carbocycles. The Labute approximate surface area is 107 Å². The van der Waals surface area contributed by atoms with Crippen LogP contribution in [0, 0.1) is 28.6 Å². The maximum Gasteiger partial charge on any atom is 0.0584 e. The summed E-state index contributed by atoms with van der Waals surface area (Å²) in [5, 5.41) is 10.5. The molecular formula is C16H30O. The summed E-state index contributed by atoms with van der Waals surface area (Å²) in [6.07, 6.45) is 5.11. The molecule has 0 aromatic heterocycles. The van der Waals surface area contributed by atoms with Crippen LogP contribution in [0.1, 0.15) is 54.9 Å². The summed E-state index contributed by atoms with van der Waals surface area (Å²) >= 11 is 0. The van der Waals surface area contributed by atoms with Gasteiger partial charge in [0, 0.05) is 0 Å². The van der Waals surface area contributed by atoms with Crippen molar-refractivity contribution in [2.75, 3.05) is 0 Å². The smallest absolute Gasteiger partial charge is 0.0584 e. The van der Waals surface area contributed by atoms with E-state index in [0.29, 0.717) is 17.8 Å². The van der Waals surface area contributed by atoms with Crippen molar-refractivity contribution in [2.24, 2.45) is 28.6 Å². The molecule has 0 heterocycles. The lowest BCUT2D eigenvalue weighted by molar-refractivity contribution is -0.0879. The molecule has 0 aromatic carbocycles. The molecule has 0 aliphatic heterocycles. The van der Waals surface area contributed by atoms with Crippen molar-refractivity contribution in [1.29, 1.82) is 0 Å². The molecule has 1 N–H and O–H groups in total. The molecule has 1 aliphatic rings. The van der Waals surface area contributed by atoms with Gasteiger partial charge in [-0.2, -0.15) is 0 Å². The highest BCUT2D eigenvalue weighted by molar-refractivity contribution is 5.05. The lowest BCUT2D eigenvalue weighted by atomic mass is 9.54. The van der Waals surface area contributed by atoms with Gasteiger partial charge in [0.2, 0.25) is 0 Å². The van der Waals surface area contributed by atoms with E-state index in [2.05, 4.69) is 60.6 Å². The summed E-state index contributed by atoms with van der Waals surface area (Å²) < 4.78 is 0. The van der Waals surface area contributed by atoms with Crippen molar-refractivity contribution in [3.8, 4) is 0 Å². The van der Waals surface area contributed by atoms with E-state index in [1.54, 1.807) is 0 Å². The van der Waals surface area contributed by atoms with Crippen LogP contribution in [0.15, 0.2) is 12.2 Å². The molecule has 0 saturated heterocycles. The normalized spacial score (nSPS) is 38.6. The van der Waals surface area contributed by atoms with E-state index in [1.807, 2.05) is 0 Å². The van der Waals surface area contributed by atoms with Crippen molar-refractivity contribution in [1.82, 2.24) is 0 Å². The summed E-state index contributed by atoms with van der Waals surface area (Å²) in [5.41, 5.74) is 0.333. The van der Waals surface area contributed by atoms with E-state index in [-0.39, 0.29) is 16.9 Å². The van der Waals surface area contributed by atoms with Crippen molar-refractivity contribution in [2.45, 2.75) is 61.0 Å². The highest BCUT2D eigenvalue weighted by Gasteiger charge is 2.48. The van der Waals surface area contributed by atoms with Gasteiger partial charge in [-0.15, -0.1) is 0 Å². The molecule has 0 spiro atoms. The maximum atomic E-state index is 10.5. The first-order valence-electron chi connectivity index (χ1n) is 6.95. The van der Waals surface area contributed by atoms with Gasteiger partial charge in [0.15, 0.2) is 0 Å². The third-order valence-electron chi connectivity index (χ3n) is 5.19. The fraction of sp³-hybridized carbons (Fsp3) is 0.875. The zero-order chi connectivity index (χ0) is 13.4. The average molecular weight is 238 g/mol. The Hall–Kier alpha value is -0.300. The van der Waals surface area contributed by atoms with E-state index in [9.17, 15) is 5.11 Å². The van der Waals surface area contributed by atoms with Gasteiger partial charge in [-0.05, 0) is 41.9 Å². The first-order valence-corrected chi connectivity index (χ1v) is 6.95. The minimum Gasteiger partial charge on any atom is -0.393 e. The zero-order valence-electron chi connectivity index (χ0n) is 12.6. The van der Waals surface area contributed by atoms with Gasteiger partial charge in [0.1, 0.15) is 0 Å². The summed E-state index contributed by atoms with van der Waals surface area (Å²) in [7, 11) is 0. The van der Waals surface area contributed by atoms with E-state index in [0.717, 1.165) is 6.42 Å². The van der Waals surface area contributed by atoms with Crippen LogP contribution in [0.4, 0.5) is 0 Å². The topological polar surface area (TPSA) is 20.2 Å². The first-order chi connectivity index (χ1) is 7.63. The van der Waals surface area contributed by atoms with Crippen LogP contribution in [0.2, 0.25) is 0 Å². The van der Waals surface area contributed by atoms with Gasteiger partial charge in [-0.25, -0.2) is 0 Å². The minimum absolute atomic E-state index is 0.0817. The second-order valence-corrected chi connectivity index (χ2v) is 7.25. The molecule has 0 radical (unpaired) electrons. The Morgan fingerprint density at radius 1 is 1.24 bits per heavy atom. The van der Waals surface area contributed by atoms with Gasteiger partial charge in [-0.1, -0.05) is 53.7 Å². The lowest BCUT2D eigenvalue weighted by Crippen LogP contribution is -2.50. The summed E-state index contributed by atoms with van der Waals surface area (Å²) in [6.45, 7) is 15.8. The Kier molecular flexibility index (Phi) is 4.13. The van der Waals surface area contributed by atoms with E-state index in [4.69, 9.17) is 0 Å².